The average Bonchev–Trinajstić information content (AvgIpc) is 3.17. The van der Waals surface area contributed by atoms with Gasteiger partial charge in [0.15, 0.2) is 6.10 Å². The van der Waals surface area contributed by atoms with E-state index in [-0.39, 0.29) is 5.82 Å². The van der Waals surface area contributed by atoms with E-state index in [0.29, 0.717) is 32.5 Å². The molecule has 2 aromatic heterocycles. The number of ether oxygens (including phenoxy) is 1. The number of anilines is 1. The van der Waals surface area contributed by atoms with Gasteiger partial charge < -0.3 is 10.1 Å². The van der Waals surface area contributed by atoms with Crippen molar-refractivity contribution in [3.63, 3.8) is 0 Å². The van der Waals surface area contributed by atoms with Crippen LogP contribution in [0.15, 0.2) is 24.3 Å². The first-order valence-corrected chi connectivity index (χ1v) is 9.74. The molecule has 0 aliphatic carbocycles. The van der Waals surface area contributed by atoms with E-state index in [1.807, 2.05) is 6.92 Å². The van der Waals surface area contributed by atoms with Crippen molar-refractivity contribution in [2.75, 3.05) is 5.32 Å². The number of halogens is 1. The Bertz CT molecular complexity index is 1070. The quantitative estimate of drug-likeness (QED) is 0.640. The third-order valence-corrected chi connectivity index (χ3v) is 5.67. The van der Waals surface area contributed by atoms with Crippen molar-refractivity contribution in [1.29, 1.82) is 0 Å². The Hall–Kier alpha value is -3.07. The molecule has 0 saturated heterocycles. The second kappa shape index (κ2) is 8.12. The molecular formula is C20H21FN4O3S. The maximum Gasteiger partial charge on any atom is 0.351 e. The molecule has 2 heterocycles. The lowest BCUT2D eigenvalue weighted by Crippen LogP contribution is -2.30. The zero-order valence-electron chi connectivity index (χ0n) is 16.7. The fraction of sp³-hybridized carbons (Fsp3) is 0.300. The Balaban J connectivity index is 1.71. The van der Waals surface area contributed by atoms with Gasteiger partial charge in [-0.2, -0.15) is 5.10 Å². The van der Waals surface area contributed by atoms with Gasteiger partial charge in [0.1, 0.15) is 15.7 Å². The largest absolute Gasteiger partial charge is 0.448 e. The topological polar surface area (TPSA) is 86.1 Å². The number of carbonyl (C=O) groups is 2. The number of benzene rings is 1. The summed E-state index contributed by atoms with van der Waals surface area (Å²) in [5.41, 5.74) is 3.28. The highest BCUT2D eigenvalue weighted by Crippen LogP contribution is 2.29. The molecular weight excluding hydrogens is 395 g/mol. The van der Waals surface area contributed by atoms with Crippen LogP contribution in [0.5, 0.6) is 0 Å². The molecule has 0 spiro atoms. The predicted octanol–water partition coefficient (Wildman–Crippen LogP) is 3.79. The molecule has 3 rings (SSSR count). The van der Waals surface area contributed by atoms with E-state index in [0.717, 1.165) is 17.0 Å². The molecule has 1 N–H and O–H groups in total. The molecule has 0 saturated carbocycles. The minimum absolute atomic E-state index is 0.303. The Labute approximate surface area is 171 Å². The summed E-state index contributed by atoms with van der Waals surface area (Å²) in [7, 11) is 1.78. The minimum atomic E-state index is -1.00. The standard InChI is InChI=1S/C20H21FN4O3S/c1-10-16(12(3)25(5)24-10)23-18(26)13(4)28-20(27)17-11(2)22-19(29-17)14-6-8-15(21)9-7-14/h6-9,13H,1-5H3,(H,23,26)/t13-/m1/s1. The minimum Gasteiger partial charge on any atom is -0.448 e. The van der Waals surface area contributed by atoms with Crippen LogP contribution in [-0.4, -0.2) is 32.7 Å². The SMILES string of the molecule is Cc1nc(-c2ccc(F)cc2)sc1C(=O)O[C@H](C)C(=O)Nc1c(C)nn(C)c1C. The number of carbonyl (C=O) groups excluding carboxylic acids is 2. The van der Waals surface area contributed by atoms with Crippen LogP contribution in [0.1, 0.15) is 33.7 Å². The highest BCUT2D eigenvalue weighted by Gasteiger charge is 2.24. The Morgan fingerprint density at radius 1 is 1.17 bits per heavy atom. The van der Waals surface area contributed by atoms with Crippen LogP contribution in [0.25, 0.3) is 10.6 Å². The second-order valence-electron chi connectivity index (χ2n) is 6.65. The van der Waals surface area contributed by atoms with Crippen molar-refractivity contribution in [3.05, 3.63) is 52.0 Å². The molecule has 0 aliphatic heterocycles. The summed E-state index contributed by atoms with van der Waals surface area (Å²) in [6.45, 7) is 6.82. The van der Waals surface area contributed by atoms with E-state index in [2.05, 4.69) is 15.4 Å². The van der Waals surface area contributed by atoms with E-state index in [4.69, 9.17) is 4.74 Å². The molecule has 3 aromatic rings. The molecule has 0 unspecified atom stereocenters. The summed E-state index contributed by atoms with van der Waals surface area (Å²) in [6, 6.07) is 5.85. The highest BCUT2D eigenvalue weighted by molar-refractivity contribution is 7.17. The lowest BCUT2D eigenvalue weighted by molar-refractivity contribution is -0.123. The zero-order valence-corrected chi connectivity index (χ0v) is 17.6. The summed E-state index contributed by atoms with van der Waals surface area (Å²) < 4.78 is 20.1. The predicted molar refractivity (Wildman–Crippen MR) is 108 cm³/mol. The third-order valence-electron chi connectivity index (χ3n) is 4.48. The van der Waals surface area contributed by atoms with Crippen LogP contribution in [0, 0.1) is 26.6 Å². The van der Waals surface area contributed by atoms with E-state index < -0.39 is 18.0 Å². The third kappa shape index (κ3) is 4.34. The van der Waals surface area contributed by atoms with Gasteiger partial charge in [-0.1, -0.05) is 0 Å². The van der Waals surface area contributed by atoms with Gasteiger partial charge in [0.2, 0.25) is 0 Å². The fourth-order valence-corrected chi connectivity index (χ4v) is 3.70. The Morgan fingerprint density at radius 3 is 2.41 bits per heavy atom. The lowest BCUT2D eigenvalue weighted by atomic mass is 10.2. The number of aromatic nitrogens is 3. The molecule has 29 heavy (non-hydrogen) atoms. The van der Waals surface area contributed by atoms with Crippen LogP contribution < -0.4 is 5.32 Å². The summed E-state index contributed by atoms with van der Waals surface area (Å²) in [6.07, 6.45) is -1.00. The number of nitrogens with zero attached hydrogens (tertiary/aromatic N) is 3. The first-order valence-electron chi connectivity index (χ1n) is 8.92. The summed E-state index contributed by atoms with van der Waals surface area (Å²) >= 11 is 1.14. The zero-order chi connectivity index (χ0) is 21.3. The summed E-state index contributed by atoms with van der Waals surface area (Å²) in [5.74, 6) is -1.42. The van der Waals surface area contributed by atoms with E-state index in [1.165, 1.54) is 19.1 Å². The van der Waals surface area contributed by atoms with Crippen molar-refractivity contribution in [3.8, 4) is 10.6 Å². The normalized spacial score (nSPS) is 11.9. The highest BCUT2D eigenvalue weighted by atomic mass is 32.1. The van der Waals surface area contributed by atoms with Gasteiger partial charge in [0, 0.05) is 12.6 Å². The van der Waals surface area contributed by atoms with Crippen LogP contribution >= 0.6 is 11.3 Å². The first-order chi connectivity index (χ1) is 13.7. The molecule has 0 fully saturated rings. The second-order valence-corrected chi connectivity index (χ2v) is 7.65. The van der Waals surface area contributed by atoms with Gasteiger partial charge in [-0.25, -0.2) is 14.2 Å². The molecule has 0 aliphatic rings. The number of hydrogen-bond donors (Lipinski definition) is 1. The molecule has 7 nitrogen and oxygen atoms in total. The molecule has 1 atom stereocenters. The Kier molecular flexibility index (Phi) is 5.78. The van der Waals surface area contributed by atoms with Crippen molar-refractivity contribution in [2.45, 2.75) is 33.8 Å². The van der Waals surface area contributed by atoms with Crippen LogP contribution in [0.4, 0.5) is 10.1 Å². The van der Waals surface area contributed by atoms with Gasteiger partial charge in [0.25, 0.3) is 5.91 Å². The fourth-order valence-electron chi connectivity index (χ4n) is 2.75. The van der Waals surface area contributed by atoms with Crippen molar-refractivity contribution < 1.29 is 18.7 Å². The van der Waals surface area contributed by atoms with Crippen molar-refractivity contribution >= 4 is 28.9 Å². The van der Waals surface area contributed by atoms with Crippen LogP contribution in [-0.2, 0) is 16.6 Å². The smallest absolute Gasteiger partial charge is 0.351 e. The van der Waals surface area contributed by atoms with Gasteiger partial charge in [-0.15, -0.1) is 11.3 Å². The van der Waals surface area contributed by atoms with Gasteiger partial charge in [-0.3, -0.25) is 9.48 Å². The first kappa shape index (κ1) is 20.7. The summed E-state index contributed by atoms with van der Waals surface area (Å²) in [5, 5.41) is 7.58. The van der Waals surface area contributed by atoms with Crippen LogP contribution in [0.3, 0.4) is 0 Å². The Morgan fingerprint density at radius 2 is 1.83 bits per heavy atom. The lowest BCUT2D eigenvalue weighted by Gasteiger charge is -2.13. The number of rotatable bonds is 5. The molecule has 0 radical (unpaired) electrons. The van der Waals surface area contributed by atoms with Gasteiger partial charge in [-0.05, 0) is 52.0 Å². The molecule has 9 heteroatoms. The van der Waals surface area contributed by atoms with Gasteiger partial charge >= 0.3 is 5.97 Å². The number of amides is 1. The van der Waals surface area contributed by atoms with Crippen molar-refractivity contribution in [2.24, 2.45) is 7.05 Å². The number of nitrogens with one attached hydrogen (secondary N) is 1. The van der Waals surface area contributed by atoms with E-state index >= 15 is 0 Å². The maximum atomic E-state index is 13.1. The average molecular weight is 416 g/mol. The number of hydrogen-bond acceptors (Lipinski definition) is 6. The molecule has 152 valence electrons. The number of aryl methyl sites for hydroxylation is 3. The van der Waals surface area contributed by atoms with E-state index in [9.17, 15) is 14.0 Å². The molecule has 0 bridgehead atoms. The van der Waals surface area contributed by atoms with Crippen molar-refractivity contribution in [1.82, 2.24) is 14.8 Å². The van der Waals surface area contributed by atoms with Gasteiger partial charge in [0.05, 0.1) is 22.8 Å². The summed E-state index contributed by atoms with van der Waals surface area (Å²) in [4.78, 5) is 29.7. The van der Waals surface area contributed by atoms with E-state index in [1.54, 1.807) is 37.7 Å². The van der Waals surface area contributed by atoms with Crippen LogP contribution in [0.2, 0.25) is 0 Å². The number of thiazole rings is 1. The molecule has 1 aromatic carbocycles. The molecule has 1 amide bonds. The number of esters is 1. The maximum absolute atomic E-state index is 13.1. The monoisotopic (exact) mass is 416 g/mol.